The molecule has 1 aromatic heterocycles. The van der Waals surface area contributed by atoms with Crippen molar-refractivity contribution in [3.05, 3.63) is 23.5 Å². The molecule has 4 aliphatic rings. The molecule has 1 heterocycles. The highest BCUT2D eigenvalue weighted by Gasteiger charge is 2.49. The van der Waals surface area contributed by atoms with Crippen molar-refractivity contribution in [3.63, 3.8) is 0 Å². The van der Waals surface area contributed by atoms with E-state index in [1.54, 1.807) is 0 Å². The Morgan fingerprint density at radius 1 is 1.15 bits per heavy atom. The lowest BCUT2D eigenvalue weighted by molar-refractivity contribution is -0.00533. The van der Waals surface area contributed by atoms with Crippen LogP contribution >= 0.6 is 0 Å². The van der Waals surface area contributed by atoms with Crippen molar-refractivity contribution < 1.29 is 9.90 Å². The molecule has 1 N–H and O–H groups in total. The number of carbonyl (C=O) groups is 1. The van der Waals surface area contributed by atoms with Gasteiger partial charge in [-0.05, 0) is 74.8 Å². The van der Waals surface area contributed by atoms with Gasteiger partial charge in [0.15, 0.2) is 0 Å². The van der Waals surface area contributed by atoms with Crippen molar-refractivity contribution in [1.29, 1.82) is 0 Å². The van der Waals surface area contributed by atoms with Crippen LogP contribution < -0.4 is 0 Å². The largest absolute Gasteiger partial charge is 0.477 e. The maximum absolute atomic E-state index is 11.4. The average molecular weight is 273 g/mol. The first-order valence-electron chi connectivity index (χ1n) is 8.10. The van der Waals surface area contributed by atoms with E-state index >= 15 is 0 Å². The van der Waals surface area contributed by atoms with Crippen LogP contribution in [-0.4, -0.2) is 15.6 Å². The van der Waals surface area contributed by atoms with Gasteiger partial charge in [-0.3, -0.25) is 0 Å². The SMILES string of the molecule is CCn1c(C(=O)O)ccc1C1C2CC3CC(C2)CC1C3. The van der Waals surface area contributed by atoms with E-state index in [0.29, 0.717) is 11.6 Å². The molecular formula is C17H23NO2. The van der Waals surface area contributed by atoms with Crippen molar-refractivity contribution in [2.45, 2.75) is 51.5 Å². The lowest BCUT2D eigenvalue weighted by Gasteiger charge is -2.54. The molecule has 20 heavy (non-hydrogen) atoms. The molecule has 3 heteroatoms. The molecule has 0 amide bonds. The Morgan fingerprint density at radius 3 is 2.25 bits per heavy atom. The van der Waals surface area contributed by atoms with Crippen LogP contribution in [0.5, 0.6) is 0 Å². The van der Waals surface area contributed by atoms with Crippen LogP contribution in [0.1, 0.15) is 61.1 Å². The molecule has 4 fully saturated rings. The van der Waals surface area contributed by atoms with E-state index in [0.717, 1.165) is 30.2 Å². The van der Waals surface area contributed by atoms with Crippen LogP contribution in [0.4, 0.5) is 0 Å². The number of carboxylic acids is 1. The summed E-state index contributed by atoms with van der Waals surface area (Å²) in [4.78, 5) is 11.4. The minimum absolute atomic E-state index is 0.469. The summed E-state index contributed by atoms with van der Waals surface area (Å²) < 4.78 is 2.05. The molecule has 0 spiro atoms. The summed E-state index contributed by atoms with van der Waals surface area (Å²) in [5.74, 6) is 3.40. The summed E-state index contributed by atoms with van der Waals surface area (Å²) in [5, 5.41) is 9.34. The zero-order chi connectivity index (χ0) is 13.9. The molecule has 3 nitrogen and oxygen atoms in total. The third-order valence-electron chi connectivity index (χ3n) is 6.12. The molecule has 108 valence electrons. The first-order chi connectivity index (χ1) is 9.67. The number of aromatic nitrogens is 1. The highest BCUT2D eigenvalue weighted by atomic mass is 16.4. The molecule has 0 radical (unpaired) electrons. The molecule has 0 unspecified atom stereocenters. The maximum Gasteiger partial charge on any atom is 0.352 e. The zero-order valence-electron chi connectivity index (χ0n) is 12.1. The lowest BCUT2D eigenvalue weighted by Crippen LogP contribution is -2.44. The molecule has 0 atom stereocenters. The summed E-state index contributed by atoms with van der Waals surface area (Å²) in [5.41, 5.74) is 1.77. The van der Waals surface area contributed by atoms with Gasteiger partial charge in [-0.15, -0.1) is 0 Å². The van der Waals surface area contributed by atoms with Gasteiger partial charge in [0.25, 0.3) is 0 Å². The van der Waals surface area contributed by atoms with Crippen molar-refractivity contribution >= 4 is 5.97 Å². The van der Waals surface area contributed by atoms with Crippen LogP contribution in [-0.2, 0) is 6.54 Å². The van der Waals surface area contributed by atoms with Gasteiger partial charge in [0.05, 0.1) is 0 Å². The fraction of sp³-hybridized carbons (Fsp3) is 0.706. The molecule has 4 saturated carbocycles. The lowest BCUT2D eigenvalue weighted by atomic mass is 9.51. The Kier molecular flexibility index (Phi) is 2.73. The Balaban J connectivity index is 1.73. The normalized spacial score (nSPS) is 38.4. The fourth-order valence-electron chi connectivity index (χ4n) is 5.72. The van der Waals surface area contributed by atoms with E-state index < -0.39 is 5.97 Å². The topological polar surface area (TPSA) is 42.2 Å². The molecule has 4 bridgehead atoms. The zero-order valence-corrected chi connectivity index (χ0v) is 12.1. The van der Waals surface area contributed by atoms with E-state index in [9.17, 15) is 9.90 Å². The molecule has 5 rings (SSSR count). The smallest absolute Gasteiger partial charge is 0.352 e. The Morgan fingerprint density at radius 2 is 1.75 bits per heavy atom. The molecule has 0 saturated heterocycles. The third-order valence-corrected chi connectivity index (χ3v) is 6.12. The van der Waals surface area contributed by atoms with Crippen molar-refractivity contribution in [1.82, 2.24) is 4.57 Å². The number of carboxylic acid groups (broad SMARTS) is 1. The summed E-state index contributed by atoms with van der Waals surface area (Å²) in [6.07, 6.45) is 7.00. The Labute approximate surface area is 120 Å². The van der Waals surface area contributed by atoms with Gasteiger partial charge in [0.2, 0.25) is 0 Å². The second-order valence-electron chi connectivity index (χ2n) is 7.15. The van der Waals surface area contributed by atoms with Crippen molar-refractivity contribution in [3.8, 4) is 0 Å². The number of rotatable bonds is 3. The minimum Gasteiger partial charge on any atom is -0.477 e. The van der Waals surface area contributed by atoms with Gasteiger partial charge in [-0.2, -0.15) is 0 Å². The molecular weight excluding hydrogens is 250 g/mol. The first kappa shape index (κ1) is 12.5. The number of hydrogen-bond donors (Lipinski definition) is 1. The van der Waals surface area contributed by atoms with Gasteiger partial charge in [-0.1, -0.05) is 0 Å². The van der Waals surface area contributed by atoms with E-state index in [2.05, 4.69) is 17.6 Å². The second kappa shape index (κ2) is 4.37. The number of hydrogen-bond acceptors (Lipinski definition) is 1. The standard InChI is InChI=1S/C17H23NO2/c1-2-18-14(3-4-15(18)17(19)20)16-12-6-10-5-11(8-12)9-13(16)7-10/h3-4,10-13,16H,2,5-9H2,1H3,(H,19,20). The van der Waals surface area contributed by atoms with Crippen molar-refractivity contribution in [2.75, 3.05) is 0 Å². The summed E-state index contributed by atoms with van der Waals surface area (Å²) >= 11 is 0. The third kappa shape index (κ3) is 1.68. The Bertz CT molecular complexity index is 517. The minimum atomic E-state index is -0.790. The predicted octanol–water partition coefficient (Wildman–Crippen LogP) is 3.75. The van der Waals surface area contributed by atoms with Gasteiger partial charge in [0.1, 0.15) is 5.69 Å². The van der Waals surface area contributed by atoms with E-state index in [1.165, 1.54) is 37.8 Å². The first-order valence-corrected chi connectivity index (χ1v) is 8.10. The van der Waals surface area contributed by atoms with Crippen LogP contribution in [0, 0.1) is 23.7 Å². The van der Waals surface area contributed by atoms with Crippen molar-refractivity contribution in [2.24, 2.45) is 23.7 Å². The van der Waals surface area contributed by atoms with Gasteiger partial charge >= 0.3 is 5.97 Å². The highest BCUT2D eigenvalue weighted by Crippen LogP contribution is 2.59. The summed E-state index contributed by atoms with van der Waals surface area (Å²) in [6, 6.07) is 3.91. The monoisotopic (exact) mass is 273 g/mol. The highest BCUT2D eigenvalue weighted by molar-refractivity contribution is 5.86. The van der Waals surface area contributed by atoms with E-state index in [4.69, 9.17) is 0 Å². The predicted molar refractivity (Wildman–Crippen MR) is 76.9 cm³/mol. The number of nitrogens with zero attached hydrogens (tertiary/aromatic N) is 1. The van der Waals surface area contributed by atoms with Gasteiger partial charge in [0, 0.05) is 18.2 Å². The summed E-state index contributed by atoms with van der Waals surface area (Å²) in [7, 11) is 0. The van der Waals surface area contributed by atoms with Gasteiger partial charge < -0.3 is 9.67 Å². The molecule has 0 aliphatic heterocycles. The molecule has 4 aliphatic carbocycles. The number of aromatic carboxylic acids is 1. The average Bonchev–Trinajstić information content (AvgIpc) is 2.81. The molecule has 0 aromatic carbocycles. The summed E-state index contributed by atoms with van der Waals surface area (Å²) in [6.45, 7) is 2.83. The van der Waals surface area contributed by atoms with E-state index in [-0.39, 0.29) is 0 Å². The molecule has 1 aromatic rings. The van der Waals surface area contributed by atoms with Crippen LogP contribution in [0.3, 0.4) is 0 Å². The maximum atomic E-state index is 11.4. The van der Waals surface area contributed by atoms with Gasteiger partial charge in [-0.25, -0.2) is 4.79 Å². The van der Waals surface area contributed by atoms with Crippen LogP contribution in [0.2, 0.25) is 0 Å². The van der Waals surface area contributed by atoms with E-state index in [1.807, 2.05) is 6.07 Å². The fourth-order valence-corrected chi connectivity index (χ4v) is 5.72. The van der Waals surface area contributed by atoms with Crippen LogP contribution in [0.15, 0.2) is 12.1 Å². The second-order valence-corrected chi connectivity index (χ2v) is 7.15. The Hall–Kier alpha value is -1.25. The van der Waals surface area contributed by atoms with Crippen LogP contribution in [0.25, 0.3) is 0 Å². The quantitative estimate of drug-likeness (QED) is 0.911.